The monoisotopic (exact) mass is 640 g/mol. The Morgan fingerprint density at radius 3 is 2.60 bits per heavy atom. The van der Waals surface area contributed by atoms with Gasteiger partial charge in [0.1, 0.15) is 47.4 Å². The van der Waals surface area contributed by atoms with Crippen LogP contribution in [0.1, 0.15) is 62.1 Å². The summed E-state index contributed by atoms with van der Waals surface area (Å²) in [6, 6.07) is 18.6. The van der Waals surface area contributed by atoms with Crippen LogP contribution in [0.3, 0.4) is 0 Å². The number of hydrogen-bond donors (Lipinski definition) is 4. The number of fused-ring (bicyclic) bond motifs is 1. The van der Waals surface area contributed by atoms with Gasteiger partial charge in [-0.25, -0.2) is 9.97 Å². The third-order valence-electron chi connectivity index (χ3n) is 9.55. The fraction of sp³-hybridized carbons (Fsp3) is 0.472. The fourth-order valence-corrected chi connectivity index (χ4v) is 6.95. The zero-order valence-electron chi connectivity index (χ0n) is 26.9. The average molecular weight is 641 g/mol. The van der Waals surface area contributed by atoms with E-state index in [0.29, 0.717) is 36.2 Å². The molecule has 2 fully saturated rings. The third-order valence-corrected chi connectivity index (χ3v) is 9.55. The number of likely N-dealkylation sites (tertiary alicyclic amines) is 1. The first kappa shape index (κ1) is 32.9. The van der Waals surface area contributed by atoms with E-state index in [9.17, 15) is 20.6 Å². The minimum absolute atomic E-state index is 0.131. The molecule has 2 aliphatic heterocycles. The Hall–Kier alpha value is -4.05. The van der Waals surface area contributed by atoms with Gasteiger partial charge in [0, 0.05) is 11.3 Å². The smallest absolute Gasteiger partial charge is 0.167 e. The number of piperidine rings is 1. The van der Waals surface area contributed by atoms with Crippen molar-refractivity contribution in [3.63, 3.8) is 0 Å². The molecule has 0 aliphatic carbocycles. The summed E-state index contributed by atoms with van der Waals surface area (Å²) >= 11 is 0. The molecular formula is C36H44N6O5. The van der Waals surface area contributed by atoms with E-state index in [0.717, 1.165) is 41.8 Å². The largest absolute Gasteiger partial charge is 0.493 e. The van der Waals surface area contributed by atoms with Crippen LogP contribution in [0.4, 0.5) is 5.82 Å². The van der Waals surface area contributed by atoms with Crippen LogP contribution in [0.2, 0.25) is 0 Å². The van der Waals surface area contributed by atoms with Crippen LogP contribution in [0.15, 0.2) is 54.9 Å². The summed E-state index contributed by atoms with van der Waals surface area (Å²) in [5.74, 6) is 0.936. The van der Waals surface area contributed by atoms with Gasteiger partial charge in [0.15, 0.2) is 6.23 Å². The van der Waals surface area contributed by atoms with E-state index in [1.165, 1.54) is 45.6 Å². The molecule has 47 heavy (non-hydrogen) atoms. The lowest BCUT2D eigenvalue weighted by Gasteiger charge is -2.29. The van der Waals surface area contributed by atoms with Gasteiger partial charge in [0.05, 0.1) is 24.2 Å². The van der Waals surface area contributed by atoms with Gasteiger partial charge >= 0.3 is 0 Å². The Balaban J connectivity index is 1.28. The van der Waals surface area contributed by atoms with Crippen LogP contribution in [0, 0.1) is 11.3 Å². The number of nitrogens with two attached hydrogens (primary N) is 1. The number of aliphatic hydroxyl groups is 3. The van der Waals surface area contributed by atoms with Gasteiger partial charge in [-0.15, -0.1) is 0 Å². The highest BCUT2D eigenvalue weighted by Gasteiger charge is 2.54. The lowest BCUT2D eigenvalue weighted by atomic mass is 9.96. The van der Waals surface area contributed by atoms with E-state index in [1.807, 2.05) is 18.2 Å². The maximum atomic E-state index is 11.4. The summed E-state index contributed by atoms with van der Waals surface area (Å²) in [5, 5.41) is 42.7. The number of benzene rings is 2. The normalized spacial score (nSPS) is 23.3. The molecule has 2 aromatic heterocycles. The van der Waals surface area contributed by atoms with Gasteiger partial charge in [-0.2, -0.15) is 5.26 Å². The van der Waals surface area contributed by atoms with Crippen molar-refractivity contribution >= 4 is 16.9 Å². The number of aromatic nitrogens is 3. The number of ether oxygens (including phenoxy) is 2. The second kappa shape index (κ2) is 14.4. The van der Waals surface area contributed by atoms with E-state index in [1.54, 1.807) is 4.57 Å². The number of nitrogens with zero attached hydrogens (tertiary/aromatic N) is 5. The summed E-state index contributed by atoms with van der Waals surface area (Å²) in [6.07, 6.45) is 4.65. The molecule has 1 unspecified atom stereocenters. The Morgan fingerprint density at radius 2 is 1.87 bits per heavy atom. The molecule has 0 radical (unpaired) electrons. The number of aliphatic hydroxyl groups excluding tert-OH is 2. The number of unbranched alkanes of at least 4 members (excludes halogenated alkanes) is 1. The maximum absolute atomic E-state index is 11.4. The number of aryl methyl sites for hydroxylation is 1. The van der Waals surface area contributed by atoms with Crippen molar-refractivity contribution in [3.8, 4) is 22.9 Å². The Kier molecular flexibility index (Phi) is 10.1. The van der Waals surface area contributed by atoms with Crippen molar-refractivity contribution < 1.29 is 24.8 Å². The number of hydrogen-bond acceptors (Lipinski definition) is 10. The van der Waals surface area contributed by atoms with Crippen molar-refractivity contribution in [2.75, 3.05) is 38.6 Å². The first-order valence-electron chi connectivity index (χ1n) is 16.6. The highest BCUT2D eigenvalue weighted by Crippen LogP contribution is 2.43. The van der Waals surface area contributed by atoms with Gasteiger partial charge in [0.2, 0.25) is 0 Å². The molecule has 0 bridgehead atoms. The summed E-state index contributed by atoms with van der Waals surface area (Å²) in [4.78, 5) is 11.1. The summed E-state index contributed by atoms with van der Waals surface area (Å²) in [7, 11) is 0. The maximum Gasteiger partial charge on any atom is 0.167 e. The molecule has 2 aromatic carbocycles. The van der Waals surface area contributed by atoms with E-state index < -0.39 is 30.6 Å². The zero-order valence-corrected chi connectivity index (χ0v) is 26.9. The van der Waals surface area contributed by atoms with Gasteiger partial charge < -0.3 is 35.4 Å². The van der Waals surface area contributed by atoms with Gasteiger partial charge in [-0.05, 0) is 82.3 Å². The van der Waals surface area contributed by atoms with Crippen molar-refractivity contribution in [2.45, 2.75) is 75.9 Å². The summed E-state index contributed by atoms with van der Waals surface area (Å²) in [6.45, 7) is 5.07. The molecule has 0 saturated carbocycles. The third kappa shape index (κ3) is 6.70. The first-order valence-corrected chi connectivity index (χ1v) is 16.6. The van der Waals surface area contributed by atoms with Crippen LogP contribution >= 0.6 is 0 Å². The molecule has 0 amide bonds. The topological polar surface area (TPSA) is 163 Å². The molecule has 6 rings (SSSR count). The van der Waals surface area contributed by atoms with Crippen LogP contribution in [-0.2, 0) is 17.6 Å². The SMILES string of the molecule is C[C@]1(O)C(n2c(CCc3ccc(-c4ccccc4)c(OCCCCN4CCCCC4)c3)c(C#N)c3c(N)ncnc32)O[C@H](CO)[C@H]1O. The number of nitriles is 1. The fourth-order valence-electron chi connectivity index (χ4n) is 6.95. The van der Waals surface area contributed by atoms with Crippen LogP contribution in [-0.4, -0.2) is 85.4 Å². The summed E-state index contributed by atoms with van der Waals surface area (Å²) < 4.78 is 14.1. The highest BCUT2D eigenvalue weighted by atomic mass is 16.6. The summed E-state index contributed by atoms with van der Waals surface area (Å²) in [5.41, 5.74) is 8.68. The van der Waals surface area contributed by atoms with E-state index in [4.69, 9.17) is 15.2 Å². The van der Waals surface area contributed by atoms with Gasteiger partial charge in [0.25, 0.3) is 0 Å². The predicted octanol–water partition coefficient (Wildman–Crippen LogP) is 3.98. The minimum Gasteiger partial charge on any atom is -0.493 e. The molecule has 0 spiro atoms. The van der Waals surface area contributed by atoms with Crippen molar-refractivity contribution in [3.05, 3.63) is 71.7 Å². The van der Waals surface area contributed by atoms with Crippen LogP contribution < -0.4 is 10.5 Å². The molecule has 4 heterocycles. The van der Waals surface area contributed by atoms with Gasteiger partial charge in [-0.1, -0.05) is 48.9 Å². The average Bonchev–Trinajstić information content (AvgIpc) is 3.53. The van der Waals surface area contributed by atoms with E-state index in [-0.39, 0.29) is 11.4 Å². The number of rotatable bonds is 12. The van der Waals surface area contributed by atoms with E-state index in [2.05, 4.69) is 51.3 Å². The second-order valence-electron chi connectivity index (χ2n) is 12.8. The van der Waals surface area contributed by atoms with Crippen LogP contribution in [0.25, 0.3) is 22.2 Å². The molecule has 248 valence electrons. The Labute approximate surface area is 275 Å². The highest BCUT2D eigenvalue weighted by molar-refractivity contribution is 5.93. The molecular weight excluding hydrogens is 596 g/mol. The lowest BCUT2D eigenvalue weighted by Crippen LogP contribution is -2.44. The van der Waals surface area contributed by atoms with Crippen LogP contribution in [0.5, 0.6) is 5.75 Å². The van der Waals surface area contributed by atoms with Crippen molar-refractivity contribution in [2.24, 2.45) is 0 Å². The number of nitrogen functional groups attached to an aromatic ring is 1. The molecule has 2 aliphatic rings. The minimum atomic E-state index is -1.78. The van der Waals surface area contributed by atoms with E-state index >= 15 is 0 Å². The van der Waals surface area contributed by atoms with Crippen molar-refractivity contribution in [1.82, 2.24) is 19.4 Å². The predicted molar refractivity (Wildman–Crippen MR) is 179 cm³/mol. The standard InChI is InChI=1S/C36H44N6O5/c1-36(45)32(44)30(22-43)47-35(36)42-28(27(21-37)31-33(38)39-23-40-34(31)42)15-13-24-12-14-26(25-10-4-2-5-11-25)29(20-24)46-19-9-8-18-41-16-6-3-7-17-41/h2,4-5,10-12,14,20,23,30,32,35,43-45H,3,6-9,13,15-19,22H2,1H3,(H2,38,39,40)/t30-,32-,35?,36-/m1/s1. The quantitative estimate of drug-likeness (QED) is 0.167. The second-order valence-corrected chi connectivity index (χ2v) is 12.8. The zero-order chi connectivity index (χ0) is 33.0. The molecule has 11 nitrogen and oxygen atoms in total. The lowest BCUT2D eigenvalue weighted by molar-refractivity contribution is -0.0958. The molecule has 2 saturated heterocycles. The number of anilines is 1. The van der Waals surface area contributed by atoms with Gasteiger partial charge in [-0.3, -0.25) is 4.57 Å². The molecule has 4 atom stereocenters. The Morgan fingerprint density at radius 1 is 1.09 bits per heavy atom. The molecule has 5 N–H and O–H groups in total. The van der Waals surface area contributed by atoms with Crippen molar-refractivity contribution in [1.29, 1.82) is 5.26 Å². The Bertz CT molecular complexity index is 1710. The molecule has 4 aromatic rings. The molecule has 11 heteroatoms. The first-order chi connectivity index (χ1) is 22.8.